The van der Waals surface area contributed by atoms with Crippen LogP contribution in [0.5, 0.6) is 28.7 Å². The quantitative estimate of drug-likeness (QED) is 0.507. The van der Waals surface area contributed by atoms with Gasteiger partial charge in [-0.25, -0.2) is 0 Å². The molecule has 0 fully saturated rings. The predicted octanol–water partition coefficient (Wildman–Crippen LogP) is 2.11. The fourth-order valence-corrected chi connectivity index (χ4v) is 2.58. The predicted molar refractivity (Wildman–Crippen MR) is 90.7 cm³/mol. The summed E-state index contributed by atoms with van der Waals surface area (Å²) in [6.07, 6.45) is 0. The summed E-state index contributed by atoms with van der Waals surface area (Å²) >= 11 is 0. The highest BCUT2D eigenvalue weighted by atomic mass is 16.3. The van der Waals surface area contributed by atoms with Crippen molar-refractivity contribution in [2.45, 2.75) is 26.9 Å². The second-order valence-electron chi connectivity index (χ2n) is 6.09. The van der Waals surface area contributed by atoms with Crippen LogP contribution in [0.15, 0.2) is 24.3 Å². The van der Waals surface area contributed by atoms with Crippen LogP contribution in [0, 0.1) is 6.92 Å². The Morgan fingerprint density at radius 1 is 0.840 bits per heavy atom. The van der Waals surface area contributed by atoms with Gasteiger partial charge in [0.05, 0.1) is 6.54 Å². The van der Waals surface area contributed by atoms with Crippen LogP contribution in [0.3, 0.4) is 0 Å². The molecule has 7 nitrogen and oxygen atoms in total. The summed E-state index contributed by atoms with van der Waals surface area (Å²) in [5.74, 6) is -1.69. The van der Waals surface area contributed by atoms with Crippen molar-refractivity contribution >= 4 is 5.78 Å². The van der Waals surface area contributed by atoms with E-state index < -0.39 is 17.2 Å². The number of aromatic hydroxyl groups is 5. The van der Waals surface area contributed by atoms with Crippen LogP contribution < -0.4 is 0 Å². The fourth-order valence-electron chi connectivity index (χ4n) is 2.58. The highest BCUT2D eigenvalue weighted by molar-refractivity contribution is 5.77. The lowest BCUT2D eigenvalue weighted by molar-refractivity contribution is -0.118. The van der Waals surface area contributed by atoms with E-state index in [4.69, 9.17) is 0 Å². The van der Waals surface area contributed by atoms with Crippen LogP contribution in [0.4, 0.5) is 0 Å². The number of ketones is 1. The monoisotopic (exact) mass is 347 g/mol. The molecular formula is C18H21NO6. The molecule has 0 bridgehead atoms. The maximum absolute atomic E-state index is 11.5. The van der Waals surface area contributed by atoms with Gasteiger partial charge in [0.2, 0.25) is 0 Å². The van der Waals surface area contributed by atoms with Crippen LogP contribution in [0.2, 0.25) is 0 Å². The number of benzene rings is 2. The molecule has 0 saturated heterocycles. The Kier molecular flexibility index (Phi) is 5.38. The molecule has 2 aromatic rings. The van der Waals surface area contributed by atoms with E-state index in [-0.39, 0.29) is 36.9 Å². The number of hydrogen-bond acceptors (Lipinski definition) is 7. The Morgan fingerprint density at radius 3 is 1.64 bits per heavy atom. The summed E-state index contributed by atoms with van der Waals surface area (Å²) in [7, 11) is 0. The van der Waals surface area contributed by atoms with Crippen molar-refractivity contribution in [3.63, 3.8) is 0 Å². The minimum absolute atomic E-state index is 0.0438. The molecule has 7 heteroatoms. The molecule has 134 valence electrons. The first-order valence-corrected chi connectivity index (χ1v) is 7.64. The number of carbonyl (C=O) groups excluding carboxylic acids is 1. The van der Waals surface area contributed by atoms with E-state index >= 15 is 0 Å². The lowest BCUT2D eigenvalue weighted by Crippen LogP contribution is -2.28. The van der Waals surface area contributed by atoms with Gasteiger partial charge in [-0.1, -0.05) is 0 Å². The molecule has 0 aliphatic carbocycles. The largest absolute Gasteiger partial charge is 0.508 e. The standard InChI is InChI=1S/C18H21NO6/c1-10(20)7-19(8-12-3-14(21)11(2)15(22)4-12)9-13-5-16(23)18(25)17(24)6-13/h3-6,21-25H,7-9H2,1-2H3. The van der Waals surface area contributed by atoms with Gasteiger partial charge < -0.3 is 25.5 Å². The highest BCUT2D eigenvalue weighted by Crippen LogP contribution is 2.36. The summed E-state index contributed by atoms with van der Waals surface area (Å²) in [5.41, 5.74) is 1.47. The third-order valence-electron chi connectivity index (χ3n) is 3.80. The van der Waals surface area contributed by atoms with Crippen LogP contribution in [0.25, 0.3) is 0 Å². The number of rotatable bonds is 6. The number of phenols is 5. The van der Waals surface area contributed by atoms with Crippen molar-refractivity contribution in [3.05, 3.63) is 41.0 Å². The van der Waals surface area contributed by atoms with Crippen molar-refractivity contribution in [1.82, 2.24) is 4.90 Å². The number of Topliss-reactive ketones (excluding diaryl/α,β-unsaturated/α-hetero) is 1. The van der Waals surface area contributed by atoms with Crippen molar-refractivity contribution in [3.8, 4) is 28.7 Å². The van der Waals surface area contributed by atoms with Crippen LogP contribution in [-0.4, -0.2) is 42.8 Å². The van der Waals surface area contributed by atoms with Gasteiger partial charge in [0.1, 0.15) is 17.3 Å². The zero-order chi connectivity index (χ0) is 18.7. The topological polar surface area (TPSA) is 121 Å². The minimum atomic E-state index is -0.602. The van der Waals surface area contributed by atoms with Gasteiger partial charge >= 0.3 is 0 Å². The average molecular weight is 347 g/mol. The van der Waals surface area contributed by atoms with Crippen LogP contribution in [-0.2, 0) is 17.9 Å². The van der Waals surface area contributed by atoms with E-state index in [9.17, 15) is 30.3 Å². The molecule has 0 saturated carbocycles. The maximum Gasteiger partial charge on any atom is 0.200 e. The van der Waals surface area contributed by atoms with Gasteiger partial charge in [-0.05, 0) is 49.2 Å². The normalized spacial score (nSPS) is 11.0. The third kappa shape index (κ3) is 4.54. The van der Waals surface area contributed by atoms with E-state index in [0.29, 0.717) is 16.7 Å². The zero-order valence-corrected chi connectivity index (χ0v) is 14.0. The van der Waals surface area contributed by atoms with Gasteiger partial charge in [0, 0.05) is 18.7 Å². The molecule has 0 unspecified atom stereocenters. The molecule has 2 aromatic carbocycles. The van der Waals surface area contributed by atoms with Gasteiger partial charge in [0.25, 0.3) is 0 Å². The Balaban J connectivity index is 2.26. The first-order valence-electron chi connectivity index (χ1n) is 7.64. The molecule has 0 spiro atoms. The summed E-state index contributed by atoms with van der Waals surface area (Å²) in [4.78, 5) is 13.3. The minimum Gasteiger partial charge on any atom is -0.508 e. The molecule has 0 amide bonds. The van der Waals surface area contributed by atoms with Gasteiger partial charge in [-0.3, -0.25) is 9.69 Å². The van der Waals surface area contributed by atoms with Crippen LogP contribution in [0.1, 0.15) is 23.6 Å². The third-order valence-corrected chi connectivity index (χ3v) is 3.80. The summed E-state index contributed by atoms with van der Waals surface area (Å²) in [5, 5.41) is 48.3. The van der Waals surface area contributed by atoms with Crippen molar-refractivity contribution in [2.75, 3.05) is 6.54 Å². The lowest BCUT2D eigenvalue weighted by atomic mass is 10.1. The second-order valence-corrected chi connectivity index (χ2v) is 6.09. The smallest absolute Gasteiger partial charge is 0.200 e. The summed E-state index contributed by atoms with van der Waals surface area (Å²) < 4.78 is 0. The maximum atomic E-state index is 11.5. The first kappa shape index (κ1) is 18.4. The van der Waals surface area contributed by atoms with Gasteiger partial charge in [-0.15, -0.1) is 0 Å². The van der Waals surface area contributed by atoms with Crippen molar-refractivity contribution < 1.29 is 30.3 Å². The number of nitrogens with zero attached hydrogens (tertiary/aromatic N) is 1. The molecule has 0 radical (unpaired) electrons. The highest BCUT2D eigenvalue weighted by Gasteiger charge is 2.15. The number of hydrogen-bond donors (Lipinski definition) is 5. The second kappa shape index (κ2) is 7.31. The fraction of sp³-hybridized carbons (Fsp3) is 0.278. The SMILES string of the molecule is CC(=O)CN(Cc1cc(O)c(C)c(O)c1)Cc1cc(O)c(O)c(O)c1. The zero-order valence-electron chi connectivity index (χ0n) is 14.0. The van der Waals surface area contributed by atoms with E-state index in [1.165, 1.54) is 31.2 Å². The molecule has 0 aliphatic rings. The van der Waals surface area contributed by atoms with Gasteiger partial charge in [-0.2, -0.15) is 0 Å². The molecule has 0 aliphatic heterocycles. The van der Waals surface area contributed by atoms with Gasteiger partial charge in [0.15, 0.2) is 17.2 Å². The van der Waals surface area contributed by atoms with Crippen molar-refractivity contribution in [2.24, 2.45) is 0 Å². The number of phenolic OH excluding ortho intramolecular Hbond substituents is 5. The molecular weight excluding hydrogens is 326 g/mol. The molecule has 2 rings (SSSR count). The lowest BCUT2D eigenvalue weighted by Gasteiger charge is -2.22. The molecule has 0 atom stereocenters. The molecule has 5 N–H and O–H groups in total. The Morgan fingerprint density at radius 2 is 1.24 bits per heavy atom. The van der Waals surface area contributed by atoms with E-state index in [0.717, 1.165) is 0 Å². The molecule has 25 heavy (non-hydrogen) atoms. The Bertz CT molecular complexity index is 697. The summed E-state index contributed by atoms with van der Waals surface area (Å²) in [6.45, 7) is 3.57. The van der Waals surface area contributed by atoms with E-state index in [1.54, 1.807) is 11.8 Å². The Hall–Kier alpha value is -2.93. The number of carbonyl (C=O) groups is 1. The van der Waals surface area contributed by atoms with E-state index in [1.807, 2.05) is 0 Å². The molecule has 0 heterocycles. The van der Waals surface area contributed by atoms with Crippen molar-refractivity contribution in [1.29, 1.82) is 0 Å². The van der Waals surface area contributed by atoms with Crippen LogP contribution >= 0.6 is 0 Å². The molecule has 0 aromatic heterocycles. The average Bonchev–Trinajstić information content (AvgIpc) is 2.49. The van der Waals surface area contributed by atoms with E-state index in [2.05, 4.69) is 0 Å². The Labute approximate surface area is 145 Å². The first-order chi connectivity index (χ1) is 11.7. The summed E-state index contributed by atoms with van der Waals surface area (Å²) in [6, 6.07) is 5.61.